The molecule has 1 aliphatic rings. The maximum absolute atomic E-state index is 5.74. The molecule has 1 aliphatic carbocycles. The zero-order chi connectivity index (χ0) is 11.7. The van der Waals surface area contributed by atoms with Crippen LogP contribution in [0, 0.1) is 0 Å². The van der Waals surface area contributed by atoms with Gasteiger partial charge < -0.3 is 10.3 Å². The number of hydrogen-bond donors (Lipinski definition) is 1. The molecule has 3 rings (SSSR count). The molecule has 0 aliphatic heterocycles. The normalized spacial score (nSPS) is 16.5. The third-order valence-corrected chi connectivity index (χ3v) is 3.29. The first-order valence-electron chi connectivity index (χ1n) is 6.02. The Bertz CT molecular complexity index is 515. The van der Waals surface area contributed by atoms with Crippen molar-refractivity contribution < 1.29 is 4.52 Å². The Morgan fingerprint density at radius 1 is 1.24 bits per heavy atom. The Labute approximate surface area is 99.8 Å². The molecule has 4 nitrogen and oxygen atoms in total. The lowest BCUT2D eigenvalue weighted by molar-refractivity contribution is 0.354. The summed E-state index contributed by atoms with van der Waals surface area (Å²) in [7, 11) is 0. The summed E-state index contributed by atoms with van der Waals surface area (Å²) in [5.74, 6) is 1.87. The van der Waals surface area contributed by atoms with Crippen molar-refractivity contribution in [1.29, 1.82) is 0 Å². The van der Waals surface area contributed by atoms with E-state index in [1.54, 1.807) is 0 Å². The van der Waals surface area contributed by atoms with E-state index in [2.05, 4.69) is 10.1 Å². The highest BCUT2D eigenvalue weighted by Crippen LogP contribution is 2.33. The molecule has 0 amide bonds. The van der Waals surface area contributed by atoms with E-state index >= 15 is 0 Å². The first-order valence-corrected chi connectivity index (χ1v) is 6.02. The molecule has 0 bridgehead atoms. The van der Waals surface area contributed by atoms with E-state index in [9.17, 15) is 0 Å². The Morgan fingerprint density at radius 2 is 2.06 bits per heavy atom. The van der Waals surface area contributed by atoms with Gasteiger partial charge in [0.1, 0.15) is 0 Å². The van der Waals surface area contributed by atoms with Gasteiger partial charge in [-0.05, 0) is 25.0 Å². The largest absolute Gasteiger partial charge is 0.399 e. The van der Waals surface area contributed by atoms with Gasteiger partial charge in [-0.15, -0.1) is 0 Å². The average molecular weight is 229 g/mol. The van der Waals surface area contributed by atoms with E-state index in [0.29, 0.717) is 11.7 Å². The van der Waals surface area contributed by atoms with Gasteiger partial charge in [-0.25, -0.2) is 0 Å². The third-order valence-electron chi connectivity index (χ3n) is 3.29. The number of benzene rings is 1. The summed E-state index contributed by atoms with van der Waals surface area (Å²) >= 11 is 0. The smallest absolute Gasteiger partial charge is 0.230 e. The average Bonchev–Trinajstić information content (AvgIpc) is 3.00. The summed E-state index contributed by atoms with van der Waals surface area (Å²) in [5, 5.41) is 4.03. The van der Waals surface area contributed by atoms with Gasteiger partial charge in [0, 0.05) is 17.2 Å². The Balaban J connectivity index is 1.89. The van der Waals surface area contributed by atoms with Crippen molar-refractivity contribution in [2.75, 3.05) is 5.73 Å². The molecule has 2 N–H and O–H groups in total. The molecule has 1 aromatic heterocycles. The maximum Gasteiger partial charge on any atom is 0.230 e. The summed E-state index contributed by atoms with van der Waals surface area (Å²) in [6.45, 7) is 0. The Kier molecular flexibility index (Phi) is 2.55. The number of nitrogen functional groups attached to an aromatic ring is 1. The summed E-state index contributed by atoms with van der Waals surface area (Å²) in [6.07, 6.45) is 4.86. The van der Waals surface area contributed by atoms with Crippen LogP contribution in [0.2, 0.25) is 0 Å². The predicted octanol–water partition coefficient (Wildman–Crippen LogP) is 2.98. The van der Waals surface area contributed by atoms with Gasteiger partial charge >= 0.3 is 0 Å². The van der Waals surface area contributed by atoms with Crippen molar-refractivity contribution in [1.82, 2.24) is 10.1 Å². The van der Waals surface area contributed by atoms with Gasteiger partial charge in [0.05, 0.1) is 0 Å². The summed E-state index contributed by atoms with van der Waals surface area (Å²) < 4.78 is 5.34. The number of nitrogens with two attached hydrogens (primary N) is 1. The van der Waals surface area contributed by atoms with Gasteiger partial charge in [0.25, 0.3) is 0 Å². The first kappa shape index (κ1) is 10.3. The van der Waals surface area contributed by atoms with Crippen LogP contribution in [-0.2, 0) is 0 Å². The second-order valence-electron chi connectivity index (χ2n) is 4.56. The fourth-order valence-corrected chi connectivity index (χ4v) is 2.37. The molecule has 88 valence electrons. The SMILES string of the molecule is Nc1cccc(-c2noc(C3CCCC3)n2)c1. The van der Waals surface area contributed by atoms with Gasteiger partial charge in [-0.3, -0.25) is 0 Å². The molecule has 1 fully saturated rings. The highest BCUT2D eigenvalue weighted by Gasteiger charge is 2.23. The molecule has 0 radical (unpaired) electrons. The van der Waals surface area contributed by atoms with Gasteiger partial charge in [-0.1, -0.05) is 30.1 Å². The molecule has 17 heavy (non-hydrogen) atoms. The number of nitrogens with zero attached hydrogens (tertiary/aromatic N) is 2. The summed E-state index contributed by atoms with van der Waals surface area (Å²) in [6, 6.07) is 7.56. The van der Waals surface area contributed by atoms with E-state index in [-0.39, 0.29) is 0 Å². The lowest BCUT2D eigenvalue weighted by atomic mass is 10.1. The minimum atomic E-state index is 0.456. The molecular weight excluding hydrogens is 214 g/mol. The van der Waals surface area contributed by atoms with Crippen LogP contribution in [0.3, 0.4) is 0 Å². The van der Waals surface area contributed by atoms with E-state index in [0.717, 1.165) is 17.1 Å². The van der Waals surface area contributed by atoms with E-state index in [1.165, 1.54) is 25.7 Å². The zero-order valence-electron chi connectivity index (χ0n) is 9.60. The molecule has 0 unspecified atom stereocenters. The second-order valence-corrected chi connectivity index (χ2v) is 4.56. The second kappa shape index (κ2) is 4.20. The maximum atomic E-state index is 5.74. The van der Waals surface area contributed by atoms with Crippen molar-refractivity contribution in [3.8, 4) is 11.4 Å². The minimum Gasteiger partial charge on any atom is -0.399 e. The topological polar surface area (TPSA) is 64.9 Å². The van der Waals surface area contributed by atoms with E-state index in [4.69, 9.17) is 10.3 Å². The molecule has 1 heterocycles. The highest BCUT2D eigenvalue weighted by molar-refractivity contribution is 5.60. The molecule has 1 saturated carbocycles. The van der Waals surface area contributed by atoms with Crippen LogP contribution in [0.25, 0.3) is 11.4 Å². The van der Waals surface area contributed by atoms with E-state index in [1.807, 2.05) is 24.3 Å². The van der Waals surface area contributed by atoms with Gasteiger partial charge in [0.2, 0.25) is 11.7 Å². The fourth-order valence-electron chi connectivity index (χ4n) is 2.37. The Morgan fingerprint density at radius 3 is 2.82 bits per heavy atom. The van der Waals surface area contributed by atoms with Crippen molar-refractivity contribution in [3.05, 3.63) is 30.2 Å². The van der Waals surface area contributed by atoms with Crippen LogP contribution in [0.4, 0.5) is 5.69 Å². The van der Waals surface area contributed by atoms with Crippen LogP contribution in [0.15, 0.2) is 28.8 Å². The van der Waals surface area contributed by atoms with Crippen molar-refractivity contribution in [2.45, 2.75) is 31.6 Å². The highest BCUT2D eigenvalue weighted by atomic mass is 16.5. The molecule has 4 heteroatoms. The molecule has 0 spiro atoms. The minimum absolute atomic E-state index is 0.456. The molecular formula is C13H15N3O. The molecule has 1 aromatic carbocycles. The predicted molar refractivity (Wildman–Crippen MR) is 65.4 cm³/mol. The summed E-state index contributed by atoms with van der Waals surface area (Å²) in [4.78, 5) is 4.47. The van der Waals surface area contributed by atoms with Gasteiger partial charge in [-0.2, -0.15) is 4.98 Å². The summed E-state index contributed by atoms with van der Waals surface area (Å²) in [5.41, 5.74) is 7.37. The number of aromatic nitrogens is 2. The van der Waals surface area contributed by atoms with Crippen LogP contribution < -0.4 is 5.73 Å². The monoisotopic (exact) mass is 229 g/mol. The quantitative estimate of drug-likeness (QED) is 0.804. The molecule has 0 atom stereocenters. The first-order chi connectivity index (χ1) is 8.33. The molecule has 2 aromatic rings. The van der Waals surface area contributed by atoms with Crippen LogP contribution in [0.5, 0.6) is 0 Å². The number of hydrogen-bond acceptors (Lipinski definition) is 4. The van der Waals surface area contributed by atoms with Crippen LogP contribution >= 0.6 is 0 Å². The number of rotatable bonds is 2. The number of anilines is 1. The lowest BCUT2D eigenvalue weighted by Gasteiger charge is -1.99. The van der Waals surface area contributed by atoms with Crippen molar-refractivity contribution in [2.24, 2.45) is 0 Å². The van der Waals surface area contributed by atoms with Crippen molar-refractivity contribution in [3.63, 3.8) is 0 Å². The zero-order valence-corrected chi connectivity index (χ0v) is 9.60. The molecule has 0 saturated heterocycles. The Hall–Kier alpha value is -1.84. The lowest BCUT2D eigenvalue weighted by Crippen LogP contribution is -1.92. The standard InChI is InChI=1S/C13H15N3O/c14-11-7-3-6-10(8-11)12-15-13(17-16-12)9-4-1-2-5-9/h3,6-9H,1-2,4-5,14H2. The fraction of sp³-hybridized carbons (Fsp3) is 0.385. The van der Waals surface area contributed by atoms with Crippen LogP contribution in [0.1, 0.15) is 37.5 Å². The van der Waals surface area contributed by atoms with Gasteiger partial charge in [0.15, 0.2) is 0 Å². The van der Waals surface area contributed by atoms with E-state index < -0.39 is 0 Å². The van der Waals surface area contributed by atoms with Crippen molar-refractivity contribution >= 4 is 5.69 Å². The van der Waals surface area contributed by atoms with Crippen LogP contribution in [-0.4, -0.2) is 10.1 Å². The third kappa shape index (κ3) is 2.02.